The van der Waals surface area contributed by atoms with Gasteiger partial charge in [0, 0.05) is 0 Å². The van der Waals surface area contributed by atoms with Gasteiger partial charge in [0.15, 0.2) is 0 Å². The molecule has 6 aromatic rings. The molecule has 0 aliphatic heterocycles. The second kappa shape index (κ2) is 40.9. The molecule has 0 aliphatic carbocycles. The zero-order valence-corrected chi connectivity index (χ0v) is 57.9. The first-order valence-corrected chi connectivity index (χ1v) is 35.9. The third kappa shape index (κ3) is 26.7. The zero-order chi connectivity index (χ0) is 59.1. The maximum Gasteiger partial charge on any atom is 1.00 e. The first-order valence-electron chi connectivity index (χ1n) is 30.2. The van der Waals surface area contributed by atoms with Gasteiger partial charge in [0.1, 0.15) is 20.2 Å². The fourth-order valence-corrected chi connectivity index (χ4v) is 13.9. The van der Waals surface area contributed by atoms with Gasteiger partial charge < -0.3 is 18.2 Å². The molecule has 0 saturated heterocycles. The largest absolute Gasteiger partial charge is 1.00 e. The van der Waals surface area contributed by atoms with Gasteiger partial charge in [0.2, 0.25) is 0 Å². The summed E-state index contributed by atoms with van der Waals surface area (Å²) in [4.78, 5) is 7.80. The molecular weight excluding hydrogens is 1170 g/mol. The van der Waals surface area contributed by atoms with Crippen LogP contribution in [0.4, 0.5) is 0 Å². The third-order valence-corrected chi connectivity index (χ3v) is 19.1. The Hall–Kier alpha value is -2.54. The molecule has 6 rings (SSSR count). The van der Waals surface area contributed by atoms with Gasteiger partial charge in [0.25, 0.3) is 10.3 Å². The first-order chi connectivity index (χ1) is 39.5. The Morgan fingerprint density at radius 2 is 0.607 bits per heavy atom. The van der Waals surface area contributed by atoms with Crippen LogP contribution in [-0.4, -0.2) is 75.1 Å². The van der Waals surface area contributed by atoms with Gasteiger partial charge in [-0.25, -0.2) is 26.8 Å². The summed E-state index contributed by atoms with van der Waals surface area (Å²) in [5.74, 6) is 0. The van der Waals surface area contributed by atoms with Crippen molar-refractivity contribution in [3.63, 3.8) is 0 Å². The van der Waals surface area contributed by atoms with Crippen LogP contribution in [0.15, 0.2) is 117 Å². The van der Waals surface area contributed by atoms with E-state index in [0.29, 0.717) is 34.9 Å². The summed E-state index contributed by atoms with van der Waals surface area (Å²) in [6.45, 7) is 4.28. The van der Waals surface area contributed by atoms with Gasteiger partial charge in [-0.15, -0.1) is 0 Å². The second-order valence-corrected chi connectivity index (χ2v) is 27.2. The van der Waals surface area contributed by atoms with Crippen molar-refractivity contribution >= 4 is 62.5 Å². The number of imidazole rings is 2. The van der Waals surface area contributed by atoms with Crippen LogP contribution < -0.4 is 59.1 Å². The van der Waals surface area contributed by atoms with Crippen LogP contribution in [0.25, 0.3) is 22.1 Å². The van der Waals surface area contributed by atoms with Gasteiger partial charge in [-0.2, -0.15) is 16.8 Å². The Bertz CT molecular complexity index is 3070. The van der Waals surface area contributed by atoms with Gasteiger partial charge in [-0.05, 0) is 60.4 Å². The summed E-state index contributed by atoms with van der Waals surface area (Å²) in [5.41, 5.74) is 2.24. The number of hydrogen-bond acceptors (Lipinski definition) is 14. The smallest absolute Gasteiger partial charge is 0.744 e. The fourth-order valence-electron chi connectivity index (χ4n) is 10.3. The Morgan fingerprint density at radius 3 is 0.893 bits per heavy atom. The third-order valence-electron chi connectivity index (χ3n) is 14.8. The maximum atomic E-state index is 13.2. The van der Waals surface area contributed by atoms with Gasteiger partial charge in [-0.1, -0.05) is 254 Å². The monoisotopic (exact) mass is 1260 g/mol. The van der Waals surface area contributed by atoms with Gasteiger partial charge in [0.05, 0.1) is 58.2 Å². The molecule has 2 heterocycles. The average Bonchev–Trinajstić information content (AvgIpc) is 3.96. The number of unbranched alkanes of at least 4 members (excludes halogenated alkanes) is 28. The van der Waals surface area contributed by atoms with E-state index in [0.717, 1.165) is 38.5 Å². The van der Waals surface area contributed by atoms with Crippen molar-refractivity contribution < 1.29 is 110 Å². The SMILES string of the molecule is CCCCCCCCCCCCCCCCCOS(=O)(=O)c1nc2ccccc2n1Cc1ccccc1S(=O)(=O)[O-].CCCCCCCCCCCCCCCCCOS(=O)(=O)c1nc2ccccc2n1Cc1ccccc1S(=O)(=O)[O-].[Na+].[Na+]. The van der Waals surface area contributed by atoms with Crippen LogP contribution in [0.2, 0.25) is 0 Å². The molecule has 0 amide bonds. The van der Waals surface area contributed by atoms with Crippen molar-refractivity contribution in [1.82, 2.24) is 19.1 Å². The molecule has 0 bridgehead atoms. The minimum absolute atomic E-state index is 0. The van der Waals surface area contributed by atoms with E-state index in [4.69, 9.17) is 8.37 Å². The average molecular weight is 1260 g/mol. The summed E-state index contributed by atoms with van der Waals surface area (Å²) >= 11 is 0. The number of rotatable bonds is 42. The number of hydrogen-bond donors (Lipinski definition) is 0. The number of aromatic nitrogens is 4. The zero-order valence-electron chi connectivity index (χ0n) is 50.6. The summed E-state index contributed by atoms with van der Waals surface area (Å²) in [7, 11) is -17.9. The molecule has 456 valence electrons. The predicted molar refractivity (Wildman–Crippen MR) is 323 cm³/mol. The van der Waals surface area contributed by atoms with Crippen LogP contribution in [-0.2, 0) is 61.9 Å². The van der Waals surface area contributed by atoms with Crippen molar-refractivity contribution in [1.29, 1.82) is 0 Å². The van der Waals surface area contributed by atoms with Crippen LogP contribution >= 0.6 is 0 Å². The predicted octanol–water partition coefficient (Wildman–Crippen LogP) is 9.14. The number of nitrogens with zero attached hydrogens (tertiary/aromatic N) is 4. The van der Waals surface area contributed by atoms with E-state index in [1.54, 1.807) is 60.7 Å². The van der Waals surface area contributed by atoms with Crippen LogP contribution in [0.1, 0.15) is 218 Å². The minimum Gasteiger partial charge on any atom is -0.744 e. The molecule has 0 saturated carbocycles. The van der Waals surface area contributed by atoms with Crippen molar-refractivity contribution in [3.05, 3.63) is 108 Å². The van der Waals surface area contributed by atoms with Crippen molar-refractivity contribution in [3.8, 4) is 0 Å². The molecule has 0 N–H and O–H groups in total. The Balaban J connectivity index is 0.000000430. The number of para-hydroxylation sites is 4. The summed E-state index contributed by atoms with van der Waals surface area (Å²) in [6, 6.07) is 25.2. The Morgan fingerprint density at radius 1 is 0.357 bits per heavy atom. The fraction of sp³-hybridized carbons (Fsp3) is 0.581. The molecule has 4 aromatic carbocycles. The van der Waals surface area contributed by atoms with E-state index >= 15 is 0 Å². The van der Waals surface area contributed by atoms with Crippen LogP contribution in [0, 0.1) is 0 Å². The molecule has 84 heavy (non-hydrogen) atoms. The summed E-state index contributed by atoms with van der Waals surface area (Å²) in [6.07, 6.45) is 36.5. The van der Waals surface area contributed by atoms with Crippen molar-refractivity contribution in [2.75, 3.05) is 13.2 Å². The minimum atomic E-state index is -4.74. The van der Waals surface area contributed by atoms with E-state index in [-0.39, 0.29) is 117 Å². The molecule has 0 fully saturated rings. The van der Waals surface area contributed by atoms with Crippen molar-refractivity contribution in [2.24, 2.45) is 0 Å². The quantitative estimate of drug-likeness (QED) is 0.0150. The molecule has 22 heteroatoms. The molecule has 0 aliphatic rings. The Kier molecular flexibility index (Phi) is 36.9. The molecule has 16 nitrogen and oxygen atoms in total. The standard InChI is InChI=1S/2C31H46N2O6S2.2Na/c2*1-2-3-4-5-6-7-8-9-10-11-12-13-14-15-20-25-39-41(37,38)31-32-28-22-17-18-23-29(28)33(31)26-27-21-16-19-24-30(27)40(34,35)36;;/h2*16-19,21-24H,2-15,20,25-26H2,1H3,(H,34,35,36);;/q;;2*+1/p-2. The number of fused-ring (bicyclic) bond motifs is 2. The molecule has 0 spiro atoms. The molecule has 2 aromatic heterocycles. The van der Waals surface area contributed by atoms with Gasteiger partial charge in [-0.3, -0.25) is 8.37 Å². The normalized spacial score (nSPS) is 12.0. The van der Waals surface area contributed by atoms with Crippen molar-refractivity contribution in [2.45, 2.75) is 240 Å². The Labute approximate surface area is 547 Å². The van der Waals surface area contributed by atoms with Crippen LogP contribution in [0.3, 0.4) is 0 Å². The summed E-state index contributed by atoms with van der Waals surface area (Å²) in [5, 5.41) is -0.615. The van der Waals surface area contributed by atoms with E-state index < -0.39 is 40.5 Å². The topological polar surface area (TPSA) is 237 Å². The molecule has 0 radical (unpaired) electrons. The van der Waals surface area contributed by atoms with Gasteiger partial charge >= 0.3 is 79.4 Å². The second-order valence-electron chi connectivity index (χ2n) is 21.5. The summed E-state index contributed by atoms with van der Waals surface area (Å²) < 4.78 is 137. The molecular formula is C62H90N4Na2O12S4. The van der Waals surface area contributed by atoms with E-state index in [1.807, 2.05) is 0 Å². The molecule has 0 unspecified atom stereocenters. The van der Waals surface area contributed by atoms with E-state index in [2.05, 4.69) is 23.8 Å². The molecule has 0 atom stereocenters. The number of benzene rings is 4. The van der Waals surface area contributed by atoms with Crippen LogP contribution in [0.5, 0.6) is 0 Å². The maximum absolute atomic E-state index is 13.2. The van der Waals surface area contributed by atoms with E-state index in [9.17, 15) is 42.8 Å². The van der Waals surface area contributed by atoms with E-state index in [1.165, 1.54) is 187 Å². The first kappa shape index (κ1) is 75.7.